The van der Waals surface area contributed by atoms with Crippen LogP contribution in [-0.4, -0.2) is 13.4 Å². The molecule has 0 radical (unpaired) electrons. The average Bonchev–Trinajstić information content (AvgIpc) is 2.51. The standard InChI is InChI=1S/C9H8Br2O.C8H6Br2O/c1-12-6-5-7-8(10)3-2-4-9(7)11;9-7-2-1-3-8(10)6(7)4-5-11/h2-6H,1H3;1-3,5H,4H2/b6-5+;. The Morgan fingerprint density at radius 3 is 1.83 bits per heavy atom. The summed E-state index contributed by atoms with van der Waals surface area (Å²) in [6, 6.07) is 11.7. The van der Waals surface area contributed by atoms with Crippen LogP contribution in [0.2, 0.25) is 0 Å². The van der Waals surface area contributed by atoms with Crippen molar-refractivity contribution in [3.05, 3.63) is 71.7 Å². The fourth-order valence-corrected chi connectivity index (χ4v) is 4.20. The normalized spacial score (nSPS) is 10.1. The van der Waals surface area contributed by atoms with Crippen LogP contribution in [0.5, 0.6) is 0 Å². The third-order valence-electron chi connectivity index (χ3n) is 2.72. The molecule has 6 heteroatoms. The van der Waals surface area contributed by atoms with Gasteiger partial charge in [-0.3, -0.25) is 0 Å². The molecule has 23 heavy (non-hydrogen) atoms. The van der Waals surface area contributed by atoms with Crippen LogP contribution in [0.1, 0.15) is 11.1 Å². The highest BCUT2D eigenvalue weighted by Crippen LogP contribution is 2.26. The molecule has 0 spiro atoms. The predicted molar refractivity (Wildman–Crippen MR) is 109 cm³/mol. The highest BCUT2D eigenvalue weighted by Gasteiger charge is 2.02. The Hall–Kier alpha value is -0.430. The highest BCUT2D eigenvalue weighted by atomic mass is 79.9. The average molecular weight is 570 g/mol. The summed E-state index contributed by atoms with van der Waals surface area (Å²) in [7, 11) is 1.63. The molecule has 0 saturated carbocycles. The second-order valence-corrected chi connectivity index (χ2v) is 7.66. The van der Waals surface area contributed by atoms with E-state index in [0.717, 1.165) is 35.3 Å². The van der Waals surface area contributed by atoms with E-state index in [2.05, 4.69) is 63.7 Å². The molecule has 122 valence electrons. The maximum absolute atomic E-state index is 10.2. The molecular formula is C17H14Br4O2. The second-order valence-electron chi connectivity index (χ2n) is 4.24. The van der Waals surface area contributed by atoms with Crippen LogP contribution in [-0.2, 0) is 16.0 Å². The number of halogens is 4. The fraction of sp³-hybridized carbons (Fsp3) is 0.118. The van der Waals surface area contributed by atoms with E-state index in [1.165, 1.54) is 0 Å². The van der Waals surface area contributed by atoms with Gasteiger partial charge < -0.3 is 9.53 Å². The highest BCUT2D eigenvalue weighted by molar-refractivity contribution is 9.11. The molecular weight excluding hydrogens is 556 g/mol. The van der Waals surface area contributed by atoms with Crippen LogP contribution < -0.4 is 0 Å². The summed E-state index contributed by atoms with van der Waals surface area (Å²) in [5, 5.41) is 0. The Kier molecular flexibility index (Phi) is 10.0. The lowest BCUT2D eigenvalue weighted by Gasteiger charge is -2.01. The summed E-state index contributed by atoms with van der Waals surface area (Å²) in [4.78, 5) is 10.2. The molecule has 0 saturated heterocycles. The van der Waals surface area contributed by atoms with Gasteiger partial charge in [-0.15, -0.1) is 0 Å². The molecule has 0 bridgehead atoms. The minimum atomic E-state index is 0.446. The summed E-state index contributed by atoms with van der Waals surface area (Å²) in [6.07, 6.45) is 4.88. The molecule has 2 nitrogen and oxygen atoms in total. The molecule has 0 atom stereocenters. The number of carbonyl (C=O) groups excluding carboxylic acids is 1. The molecule has 0 N–H and O–H groups in total. The molecule has 0 aliphatic heterocycles. The number of hydrogen-bond acceptors (Lipinski definition) is 2. The van der Waals surface area contributed by atoms with E-state index in [9.17, 15) is 4.79 Å². The molecule has 0 aromatic heterocycles. The SMILES string of the molecule is CO/C=C/c1c(Br)cccc1Br.O=CCc1c(Br)cccc1Br. The van der Waals surface area contributed by atoms with Gasteiger partial charge in [0, 0.05) is 29.9 Å². The van der Waals surface area contributed by atoms with Crippen LogP contribution in [0.4, 0.5) is 0 Å². The molecule has 2 aromatic rings. The Morgan fingerprint density at radius 1 is 0.913 bits per heavy atom. The van der Waals surface area contributed by atoms with Crippen LogP contribution in [0, 0.1) is 0 Å². The minimum Gasteiger partial charge on any atom is -0.504 e. The van der Waals surface area contributed by atoms with E-state index in [1.807, 2.05) is 42.5 Å². The van der Waals surface area contributed by atoms with Crippen molar-refractivity contribution in [2.24, 2.45) is 0 Å². The number of methoxy groups -OCH3 is 1. The van der Waals surface area contributed by atoms with Crippen LogP contribution in [0.25, 0.3) is 6.08 Å². The molecule has 0 heterocycles. The quantitative estimate of drug-likeness (QED) is 0.300. The van der Waals surface area contributed by atoms with Crippen molar-refractivity contribution >= 4 is 76.1 Å². The van der Waals surface area contributed by atoms with E-state index in [4.69, 9.17) is 4.74 Å². The van der Waals surface area contributed by atoms with E-state index < -0.39 is 0 Å². The molecule has 2 rings (SSSR count). The van der Waals surface area contributed by atoms with Gasteiger partial charge in [-0.2, -0.15) is 0 Å². The molecule has 0 fully saturated rings. The maximum atomic E-state index is 10.2. The smallest absolute Gasteiger partial charge is 0.124 e. The summed E-state index contributed by atoms with van der Waals surface area (Å²) in [5.74, 6) is 0. The van der Waals surface area contributed by atoms with Gasteiger partial charge in [-0.05, 0) is 35.9 Å². The van der Waals surface area contributed by atoms with Gasteiger partial charge in [0.25, 0.3) is 0 Å². The lowest BCUT2D eigenvalue weighted by Crippen LogP contribution is -1.88. The monoisotopic (exact) mass is 566 g/mol. The zero-order valence-corrected chi connectivity index (χ0v) is 18.6. The Labute approximate surface area is 169 Å². The van der Waals surface area contributed by atoms with Gasteiger partial charge in [0.2, 0.25) is 0 Å². The number of hydrogen-bond donors (Lipinski definition) is 0. The first-order valence-electron chi connectivity index (χ1n) is 6.51. The molecule has 2 aromatic carbocycles. The van der Waals surface area contributed by atoms with Gasteiger partial charge in [0.15, 0.2) is 0 Å². The summed E-state index contributed by atoms with van der Waals surface area (Å²) >= 11 is 13.6. The zero-order valence-electron chi connectivity index (χ0n) is 12.2. The summed E-state index contributed by atoms with van der Waals surface area (Å²) in [5.41, 5.74) is 2.09. The molecule has 0 aliphatic carbocycles. The minimum absolute atomic E-state index is 0.446. The van der Waals surface area contributed by atoms with Crippen LogP contribution in [0.15, 0.2) is 60.6 Å². The third kappa shape index (κ3) is 6.91. The lowest BCUT2D eigenvalue weighted by molar-refractivity contribution is -0.107. The first-order valence-corrected chi connectivity index (χ1v) is 9.68. The number of carbonyl (C=O) groups is 1. The largest absolute Gasteiger partial charge is 0.504 e. The number of benzene rings is 2. The second kappa shape index (κ2) is 11.2. The molecule has 0 unspecified atom stereocenters. The topological polar surface area (TPSA) is 26.3 Å². The Balaban J connectivity index is 0.000000231. The summed E-state index contributed by atoms with van der Waals surface area (Å²) < 4.78 is 8.87. The van der Waals surface area contributed by atoms with Crippen LogP contribution >= 0.6 is 63.7 Å². The van der Waals surface area contributed by atoms with Crippen molar-refractivity contribution in [3.8, 4) is 0 Å². The van der Waals surface area contributed by atoms with E-state index in [1.54, 1.807) is 13.4 Å². The van der Waals surface area contributed by atoms with Gasteiger partial charge in [0.1, 0.15) is 6.29 Å². The van der Waals surface area contributed by atoms with Crippen molar-refractivity contribution < 1.29 is 9.53 Å². The summed E-state index contributed by atoms with van der Waals surface area (Å²) in [6.45, 7) is 0. The lowest BCUT2D eigenvalue weighted by atomic mass is 10.2. The van der Waals surface area contributed by atoms with Crippen molar-refractivity contribution in [2.75, 3.05) is 7.11 Å². The van der Waals surface area contributed by atoms with Gasteiger partial charge in [-0.25, -0.2) is 0 Å². The van der Waals surface area contributed by atoms with Crippen molar-refractivity contribution in [1.82, 2.24) is 0 Å². The Bertz CT molecular complexity index is 644. The van der Waals surface area contributed by atoms with Gasteiger partial charge in [0.05, 0.1) is 13.4 Å². The maximum Gasteiger partial charge on any atom is 0.124 e. The van der Waals surface area contributed by atoms with Crippen molar-refractivity contribution in [3.63, 3.8) is 0 Å². The zero-order chi connectivity index (χ0) is 17.2. The fourth-order valence-electron chi connectivity index (χ4n) is 1.62. The Morgan fingerprint density at radius 2 is 1.39 bits per heavy atom. The molecule has 0 amide bonds. The number of aldehydes is 1. The van der Waals surface area contributed by atoms with Gasteiger partial charge in [-0.1, -0.05) is 75.9 Å². The van der Waals surface area contributed by atoms with E-state index >= 15 is 0 Å². The molecule has 0 aliphatic rings. The van der Waals surface area contributed by atoms with Crippen molar-refractivity contribution in [2.45, 2.75) is 6.42 Å². The van der Waals surface area contributed by atoms with E-state index in [-0.39, 0.29) is 0 Å². The third-order valence-corrected chi connectivity index (χ3v) is 5.59. The predicted octanol–water partition coefficient (Wildman–Crippen LogP) is 6.78. The van der Waals surface area contributed by atoms with Gasteiger partial charge >= 0.3 is 0 Å². The number of rotatable bonds is 4. The van der Waals surface area contributed by atoms with Crippen LogP contribution in [0.3, 0.4) is 0 Å². The first kappa shape index (κ1) is 20.6. The number of ether oxygens (including phenoxy) is 1. The van der Waals surface area contributed by atoms with Crippen molar-refractivity contribution in [1.29, 1.82) is 0 Å². The first-order chi connectivity index (χ1) is 11.0. The van der Waals surface area contributed by atoms with E-state index in [0.29, 0.717) is 6.42 Å².